The average molecular weight is 320 g/mol. The third-order valence-corrected chi connectivity index (χ3v) is 3.64. The highest BCUT2D eigenvalue weighted by molar-refractivity contribution is 9.10. The van der Waals surface area contributed by atoms with Crippen LogP contribution in [0.2, 0.25) is 0 Å². The summed E-state index contributed by atoms with van der Waals surface area (Å²) in [6.45, 7) is 2.64. The second kappa shape index (κ2) is 6.17. The zero-order chi connectivity index (χ0) is 13.8. The lowest BCUT2D eigenvalue weighted by Crippen LogP contribution is -2.30. The summed E-state index contributed by atoms with van der Waals surface area (Å²) in [4.78, 5) is 6.41. The van der Waals surface area contributed by atoms with E-state index in [1.54, 1.807) is 6.20 Å². The number of hydrogen-bond acceptors (Lipinski definition) is 3. The fourth-order valence-electron chi connectivity index (χ4n) is 2.16. The summed E-state index contributed by atoms with van der Waals surface area (Å²) >= 11 is 3.45. The van der Waals surface area contributed by atoms with Crippen LogP contribution in [0.25, 0.3) is 0 Å². The van der Waals surface area contributed by atoms with Crippen LogP contribution in [0.4, 0.5) is 5.69 Å². The first kappa shape index (κ1) is 14.0. The molecule has 19 heavy (non-hydrogen) atoms. The van der Waals surface area contributed by atoms with Crippen molar-refractivity contribution in [1.29, 1.82) is 0 Å². The van der Waals surface area contributed by atoms with Crippen LogP contribution in [-0.2, 0) is 0 Å². The molecular formula is C15H18BrN3. The van der Waals surface area contributed by atoms with Crippen molar-refractivity contribution >= 4 is 21.6 Å². The van der Waals surface area contributed by atoms with Crippen LogP contribution in [0.5, 0.6) is 0 Å². The molecule has 0 bridgehead atoms. The van der Waals surface area contributed by atoms with Gasteiger partial charge in [-0.25, -0.2) is 0 Å². The van der Waals surface area contributed by atoms with Crippen molar-refractivity contribution in [2.24, 2.45) is 5.73 Å². The quantitative estimate of drug-likeness (QED) is 0.940. The maximum atomic E-state index is 5.95. The minimum atomic E-state index is 0.117. The molecule has 1 atom stereocenters. The van der Waals surface area contributed by atoms with Gasteiger partial charge in [-0.05, 0) is 52.2 Å². The number of pyridine rings is 1. The van der Waals surface area contributed by atoms with Crippen LogP contribution in [0.3, 0.4) is 0 Å². The Balaban J connectivity index is 2.31. The predicted octanol–water partition coefficient (Wildman–Crippen LogP) is 3.29. The van der Waals surface area contributed by atoms with E-state index in [2.05, 4.69) is 70.1 Å². The molecule has 1 heterocycles. The molecule has 2 rings (SSSR count). The van der Waals surface area contributed by atoms with E-state index in [-0.39, 0.29) is 6.04 Å². The normalized spacial score (nSPS) is 12.2. The van der Waals surface area contributed by atoms with E-state index < -0.39 is 0 Å². The largest absolute Gasteiger partial charge is 0.366 e. The molecule has 100 valence electrons. The second-order valence-corrected chi connectivity index (χ2v) is 5.55. The Hall–Kier alpha value is -1.39. The van der Waals surface area contributed by atoms with Crippen molar-refractivity contribution < 1.29 is 0 Å². The van der Waals surface area contributed by atoms with Crippen molar-refractivity contribution in [3.63, 3.8) is 0 Å². The SMILES string of the molecule is Cc1cccc(N(C)C(CN)c2cncc(Br)c2)c1. The monoisotopic (exact) mass is 319 g/mol. The summed E-state index contributed by atoms with van der Waals surface area (Å²) in [5.41, 5.74) is 9.46. The van der Waals surface area contributed by atoms with E-state index in [0.29, 0.717) is 6.54 Å². The number of hydrogen-bond donors (Lipinski definition) is 1. The maximum Gasteiger partial charge on any atom is 0.0676 e. The molecule has 0 saturated carbocycles. The van der Waals surface area contributed by atoms with Crippen LogP contribution in [0.1, 0.15) is 17.2 Å². The molecule has 2 N–H and O–H groups in total. The Bertz CT molecular complexity index is 557. The van der Waals surface area contributed by atoms with Crippen LogP contribution < -0.4 is 10.6 Å². The van der Waals surface area contributed by atoms with Gasteiger partial charge in [-0.2, -0.15) is 0 Å². The number of halogens is 1. The zero-order valence-electron chi connectivity index (χ0n) is 11.2. The second-order valence-electron chi connectivity index (χ2n) is 4.64. The molecule has 0 saturated heterocycles. The van der Waals surface area contributed by atoms with Gasteiger partial charge >= 0.3 is 0 Å². The molecule has 3 nitrogen and oxygen atoms in total. The standard InChI is InChI=1S/C15H18BrN3/c1-11-4-3-5-14(6-11)19(2)15(8-17)12-7-13(16)10-18-9-12/h3-7,9-10,15H,8,17H2,1-2H3. The summed E-state index contributed by atoms with van der Waals surface area (Å²) in [6, 6.07) is 10.6. The van der Waals surface area contributed by atoms with Crippen LogP contribution in [0, 0.1) is 6.92 Å². The first-order valence-electron chi connectivity index (χ1n) is 6.22. The first-order chi connectivity index (χ1) is 9.11. The summed E-state index contributed by atoms with van der Waals surface area (Å²) in [6.07, 6.45) is 3.65. The van der Waals surface area contributed by atoms with Gasteiger partial charge in [0.05, 0.1) is 6.04 Å². The molecule has 1 aromatic heterocycles. The molecule has 1 aromatic carbocycles. The van der Waals surface area contributed by atoms with Crippen molar-refractivity contribution in [1.82, 2.24) is 4.98 Å². The summed E-state index contributed by atoms with van der Waals surface area (Å²) in [5, 5.41) is 0. The van der Waals surface area contributed by atoms with Crippen molar-refractivity contribution in [3.05, 3.63) is 58.3 Å². The van der Waals surface area contributed by atoms with Crippen molar-refractivity contribution in [2.45, 2.75) is 13.0 Å². The Morgan fingerprint density at radius 3 is 2.74 bits per heavy atom. The highest BCUT2D eigenvalue weighted by atomic mass is 79.9. The molecular weight excluding hydrogens is 302 g/mol. The Labute approximate surface area is 122 Å². The molecule has 2 aromatic rings. The van der Waals surface area contributed by atoms with Gasteiger partial charge in [0.1, 0.15) is 0 Å². The molecule has 0 aliphatic rings. The molecule has 0 aliphatic carbocycles. The maximum absolute atomic E-state index is 5.95. The van der Waals surface area contributed by atoms with E-state index in [1.165, 1.54) is 5.56 Å². The van der Waals surface area contributed by atoms with Gasteiger partial charge in [-0.3, -0.25) is 4.98 Å². The van der Waals surface area contributed by atoms with Crippen LogP contribution in [0.15, 0.2) is 47.2 Å². The third-order valence-electron chi connectivity index (χ3n) is 3.21. The van der Waals surface area contributed by atoms with Crippen LogP contribution >= 0.6 is 15.9 Å². The summed E-state index contributed by atoms with van der Waals surface area (Å²) in [5.74, 6) is 0. The van der Waals surface area contributed by atoms with Gasteiger partial charge in [0, 0.05) is 36.1 Å². The smallest absolute Gasteiger partial charge is 0.0676 e. The number of benzene rings is 1. The highest BCUT2D eigenvalue weighted by Gasteiger charge is 2.16. The number of aryl methyl sites for hydroxylation is 1. The lowest BCUT2D eigenvalue weighted by molar-refractivity contribution is 0.677. The molecule has 4 heteroatoms. The van der Waals surface area contributed by atoms with E-state index in [9.17, 15) is 0 Å². The first-order valence-corrected chi connectivity index (χ1v) is 7.01. The van der Waals surface area contributed by atoms with E-state index in [4.69, 9.17) is 5.73 Å². The Morgan fingerprint density at radius 2 is 2.11 bits per heavy atom. The molecule has 0 radical (unpaired) electrons. The van der Waals surface area contributed by atoms with Gasteiger partial charge < -0.3 is 10.6 Å². The summed E-state index contributed by atoms with van der Waals surface area (Å²) in [7, 11) is 2.06. The van der Waals surface area contributed by atoms with Gasteiger partial charge in [-0.1, -0.05) is 12.1 Å². The predicted molar refractivity (Wildman–Crippen MR) is 83.3 cm³/mol. The number of aromatic nitrogens is 1. The fourth-order valence-corrected chi connectivity index (χ4v) is 2.54. The average Bonchev–Trinajstić information content (AvgIpc) is 2.39. The topological polar surface area (TPSA) is 42.1 Å². The van der Waals surface area contributed by atoms with E-state index in [1.807, 2.05) is 6.20 Å². The Morgan fingerprint density at radius 1 is 1.32 bits per heavy atom. The number of anilines is 1. The molecule has 1 unspecified atom stereocenters. The van der Waals surface area contributed by atoms with E-state index in [0.717, 1.165) is 15.7 Å². The number of nitrogens with two attached hydrogens (primary N) is 1. The fraction of sp³-hybridized carbons (Fsp3) is 0.267. The van der Waals surface area contributed by atoms with Gasteiger partial charge in [0.2, 0.25) is 0 Å². The van der Waals surface area contributed by atoms with E-state index >= 15 is 0 Å². The minimum absolute atomic E-state index is 0.117. The molecule has 0 spiro atoms. The Kier molecular flexibility index (Phi) is 4.56. The third kappa shape index (κ3) is 3.33. The zero-order valence-corrected chi connectivity index (χ0v) is 12.8. The van der Waals surface area contributed by atoms with Crippen LogP contribution in [-0.4, -0.2) is 18.6 Å². The number of rotatable bonds is 4. The lowest BCUT2D eigenvalue weighted by atomic mass is 10.1. The van der Waals surface area contributed by atoms with Crippen molar-refractivity contribution in [3.8, 4) is 0 Å². The molecule has 0 aliphatic heterocycles. The highest BCUT2D eigenvalue weighted by Crippen LogP contribution is 2.26. The molecule has 0 amide bonds. The number of nitrogens with zero attached hydrogens (tertiary/aromatic N) is 2. The molecule has 0 fully saturated rings. The van der Waals surface area contributed by atoms with Gasteiger partial charge in [0.15, 0.2) is 0 Å². The van der Waals surface area contributed by atoms with Gasteiger partial charge in [0.25, 0.3) is 0 Å². The van der Waals surface area contributed by atoms with Gasteiger partial charge in [-0.15, -0.1) is 0 Å². The number of likely N-dealkylation sites (N-methyl/N-ethyl adjacent to an activating group) is 1. The minimum Gasteiger partial charge on any atom is -0.366 e. The summed E-state index contributed by atoms with van der Waals surface area (Å²) < 4.78 is 0.973. The van der Waals surface area contributed by atoms with Crippen molar-refractivity contribution in [2.75, 3.05) is 18.5 Å². The lowest BCUT2D eigenvalue weighted by Gasteiger charge is -2.29.